The van der Waals surface area contributed by atoms with Gasteiger partial charge in [-0.15, -0.1) is 11.3 Å². The molecule has 2 aromatic rings. The molecule has 0 spiro atoms. The van der Waals surface area contributed by atoms with Crippen LogP contribution in [-0.2, 0) is 16.0 Å². The minimum absolute atomic E-state index is 0.180. The summed E-state index contributed by atoms with van der Waals surface area (Å²) in [6.45, 7) is 4.13. The molecule has 0 aromatic carbocycles. The highest BCUT2D eigenvalue weighted by Gasteiger charge is 2.10. The average molecular weight is 265 g/mol. The van der Waals surface area contributed by atoms with Crippen LogP contribution in [0.5, 0.6) is 0 Å². The summed E-state index contributed by atoms with van der Waals surface area (Å²) in [7, 11) is 0. The molecule has 5 heteroatoms. The second kappa shape index (κ2) is 5.82. The molecule has 0 amide bonds. The number of nitrogens with zero attached hydrogens (tertiary/aromatic N) is 1. The Kier molecular flexibility index (Phi) is 4.15. The molecule has 4 nitrogen and oxygen atoms in total. The molecule has 0 aliphatic rings. The lowest BCUT2D eigenvalue weighted by atomic mass is 10.2. The summed E-state index contributed by atoms with van der Waals surface area (Å²) in [5, 5.41) is 2.80. The first kappa shape index (κ1) is 12.8. The second-order valence-corrected chi connectivity index (χ2v) is 4.72. The Morgan fingerprint density at radius 3 is 3.00 bits per heavy atom. The number of ether oxygens (including phenoxy) is 1. The molecule has 0 bridgehead atoms. The smallest absolute Gasteiger partial charge is 0.306 e. The standard InChI is InChI=1S/C13H15NO3S/c1-3-16-12(15)7-5-10-8-18-13(14-10)11-6-4-9(2)17-11/h4,6,8H,3,5,7H2,1-2H3. The van der Waals surface area contributed by atoms with E-state index < -0.39 is 0 Å². The number of hydrogen-bond acceptors (Lipinski definition) is 5. The van der Waals surface area contributed by atoms with Crippen molar-refractivity contribution < 1.29 is 13.9 Å². The van der Waals surface area contributed by atoms with E-state index in [4.69, 9.17) is 9.15 Å². The van der Waals surface area contributed by atoms with Crippen LogP contribution in [0.2, 0.25) is 0 Å². The van der Waals surface area contributed by atoms with Gasteiger partial charge in [0.15, 0.2) is 10.8 Å². The van der Waals surface area contributed by atoms with Crippen LogP contribution in [0.4, 0.5) is 0 Å². The predicted molar refractivity (Wildman–Crippen MR) is 69.5 cm³/mol. The molecular formula is C13H15NO3S. The fraction of sp³-hybridized carbons (Fsp3) is 0.385. The summed E-state index contributed by atoms with van der Waals surface area (Å²) in [6, 6.07) is 3.82. The number of aryl methyl sites for hydroxylation is 2. The maximum absolute atomic E-state index is 11.2. The maximum atomic E-state index is 11.2. The zero-order valence-electron chi connectivity index (χ0n) is 10.4. The van der Waals surface area contributed by atoms with Gasteiger partial charge in [0.2, 0.25) is 0 Å². The number of rotatable bonds is 5. The van der Waals surface area contributed by atoms with Gasteiger partial charge in [-0.1, -0.05) is 0 Å². The SMILES string of the molecule is CCOC(=O)CCc1csc(-c2ccc(C)o2)n1. The highest BCUT2D eigenvalue weighted by atomic mass is 32.1. The number of carbonyl (C=O) groups excluding carboxylic acids is 1. The predicted octanol–water partition coefficient (Wildman–Crippen LogP) is 3.21. The zero-order chi connectivity index (χ0) is 13.0. The number of hydrogen-bond donors (Lipinski definition) is 0. The molecule has 0 aliphatic carbocycles. The van der Waals surface area contributed by atoms with Gasteiger partial charge in [0, 0.05) is 11.8 Å². The third-order valence-electron chi connectivity index (χ3n) is 2.39. The number of furan rings is 1. The van der Waals surface area contributed by atoms with Crippen molar-refractivity contribution in [2.45, 2.75) is 26.7 Å². The van der Waals surface area contributed by atoms with Gasteiger partial charge < -0.3 is 9.15 Å². The molecule has 2 aromatic heterocycles. The van der Waals surface area contributed by atoms with Crippen LogP contribution >= 0.6 is 11.3 Å². The molecule has 0 unspecified atom stereocenters. The van der Waals surface area contributed by atoms with Gasteiger partial charge in [-0.3, -0.25) is 4.79 Å². The molecule has 2 heterocycles. The van der Waals surface area contributed by atoms with E-state index >= 15 is 0 Å². The molecule has 0 fully saturated rings. The third-order valence-corrected chi connectivity index (χ3v) is 3.30. The minimum atomic E-state index is -0.180. The number of esters is 1. The van der Waals surface area contributed by atoms with E-state index in [0.29, 0.717) is 19.4 Å². The summed E-state index contributed by atoms with van der Waals surface area (Å²) in [4.78, 5) is 15.7. The molecule has 0 atom stereocenters. The van der Waals surface area contributed by atoms with Crippen LogP contribution in [0.1, 0.15) is 24.8 Å². The summed E-state index contributed by atoms with van der Waals surface area (Å²) in [5.41, 5.74) is 0.900. The van der Waals surface area contributed by atoms with Crippen LogP contribution < -0.4 is 0 Å². The molecule has 2 rings (SSSR count). The molecule has 18 heavy (non-hydrogen) atoms. The van der Waals surface area contributed by atoms with E-state index in [9.17, 15) is 4.79 Å². The van der Waals surface area contributed by atoms with Crippen LogP contribution in [0.15, 0.2) is 21.9 Å². The van der Waals surface area contributed by atoms with Crippen molar-refractivity contribution in [3.8, 4) is 10.8 Å². The summed E-state index contributed by atoms with van der Waals surface area (Å²) >= 11 is 1.52. The van der Waals surface area contributed by atoms with Crippen molar-refractivity contribution in [2.24, 2.45) is 0 Å². The van der Waals surface area contributed by atoms with Crippen LogP contribution in [0.3, 0.4) is 0 Å². The molecule has 0 N–H and O–H groups in total. The summed E-state index contributed by atoms with van der Waals surface area (Å²) in [6.07, 6.45) is 0.975. The molecule has 0 aliphatic heterocycles. The first-order valence-corrected chi connectivity index (χ1v) is 6.74. The first-order valence-electron chi connectivity index (χ1n) is 5.86. The van der Waals surface area contributed by atoms with Gasteiger partial charge >= 0.3 is 5.97 Å². The lowest BCUT2D eigenvalue weighted by Gasteiger charge is -1.98. The van der Waals surface area contributed by atoms with Gasteiger partial charge in [0.05, 0.1) is 18.7 Å². The quantitative estimate of drug-likeness (QED) is 0.779. The monoisotopic (exact) mass is 265 g/mol. The van der Waals surface area contributed by atoms with E-state index in [1.807, 2.05) is 24.4 Å². The Balaban J connectivity index is 1.96. The van der Waals surface area contributed by atoms with Gasteiger partial charge in [-0.25, -0.2) is 4.98 Å². The fourth-order valence-electron chi connectivity index (χ4n) is 1.55. The van der Waals surface area contributed by atoms with Gasteiger partial charge in [0.25, 0.3) is 0 Å². The maximum Gasteiger partial charge on any atom is 0.306 e. The third kappa shape index (κ3) is 3.20. The van der Waals surface area contributed by atoms with Gasteiger partial charge in [-0.2, -0.15) is 0 Å². The Bertz CT molecular complexity index is 530. The number of carbonyl (C=O) groups is 1. The van der Waals surface area contributed by atoms with Crippen LogP contribution in [-0.4, -0.2) is 17.6 Å². The first-order chi connectivity index (χ1) is 8.69. The largest absolute Gasteiger partial charge is 0.466 e. The van der Waals surface area contributed by atoms with E-state index in [0.717, 1.165) is 22.2 Å². The Labute approximate surface area is 110 Å². The molecular weight excluding hydrogens is 250 g/mol. The van der Waals surface area contributed by atoms with Crippen molar-refractivity contribution >= 4 is 17.3 Å². The molecule has 0 radical (unpaired) electrons. The van der Waals surface area contributed by atoms with Crippen LogP contribution in [0.25, 0.3) is 10.8 Å². The van der Waals surface area contributed by atoms with Crippen LogP contribution in [0, 0.1) is 6.92 Å². The van der Waals surface area contributed by atoms with E-state index in [1.54, 1.807) is 6.92 Å². The normalized spacial score (nSPS) is 10.6. The van der Waals surface area contributed by atoms with E-state index in [2.05, 4.69) is 4.98 Å². The molecule has 96 valence electrons. The highest BCUT2D eigenvalue weighted by molar-refractivity contribution is 7.13. The summed E-state index contributed by atoms with van der Waals surface area (Å²) < 4.78 is 10.4. The van der Waals surface area contributed by atoms with Crippen molar-refractivity contribution in [1.29, 1.82) is 0 Å². The Hall–Kier alpha value is -1.62. The topological polar surface area (TPSA) is 52.3 Å². The highest BCUT2D eigenvalue weighted by Crippen LogP contribution is 2.25. The summed E-state index contributed by atoms with van der Waals surface area (Å²) in [5.74, 6) is 1.47. The van der Waals surface area contributed by atoms with Crippen molar-refractivity contribution in [2.75, 3.05) is 6.61 Å². The van der Waals surface area contributed by atoms with E-state index in [1.165, 1.54) is 11.3 Å². The zero-order valence-corrected chi connectivity index (χ0v) is 11.3. The van der Waals surface area contributed by atoms with Crippen molar-refractivity contribution in [3.05, 3.63) is 29.0 Å². The average Bonchev–Trinajstić information content (AvgIpc) is 2.95. The minimum Gasteiger partial charge on any atom is -0.466 e. The van der Waals surface area contributed by atoms with E-state index in [-0.39, 0.29) is 5.97 Å². The lowest BCUT2D eigenvalue weighted by Crippen LogP contribution is -2.05. The molecule has 0 saturated heterocycles. The fourth-order valence-corrected chi connectivity index (χ4v) is 2.36. The van der Waals surface area contributed by atoms with Crippen molar-refractivity contribution in [1.82, 2.24) is 4.98 Å². The van der Waals surface area contributed by atoms with Gasteiger partial charge in [-0.05, 0) is 26.0 Å². The number of thiazole rings is 1. The Morgan fingerprint density at radius 1 is 1.50 bits per heavy atom. The number of aromatic nitrogens is 1. The second-order valence-electron chi connectivity index (χ2n) is 3.86. The Morgan fingerprint density at radius 2 is 2.33 bits per heavy atom. The lowest BCUT2D eigenvalue weighted by molar-refractivity contribution is -0.143. The molecule has 0 saturated carbocycles. The van der Waals surface area contributed by atoms with Crippen molar-refractivity contribution in [3.63, 3.8) is 0 Å². The van der Waals surface area contributed by atoms with Gasteiger partial charge in [0.1, 0.15) is 5.76 Å².